The van der Waals surface area contributed by atoms with Crippen LogP contribution in [0.15, 0.2) is 24.3 Å². The monoisotopic (exact) mass is 316 g/mol. The highest BCUT2D eigenvalue weighted by Gasteiger charge is 2.23. The lowest BCUT2D eigenvalue weighted by Crippen LogP contribution is -2.44. The van der Waals surface area contributed by atoms with Crippen LogP contribution in [0.3, 0.4) is 0 Å². The minimum Gasteiger partial charge on any atom is -0.388 e. The molecule has 1 heterocycles. The van der Waals surface area contributed by atoms with Gasteiger partial charge in [0.05, 0.1) is 12.1 Å². The Kier molecular flexibility index (Phi) is 7.08. The van der Waals surface area contributed by atoms with Crippen LogP contribution in [0.1, 0.15) is 37.9 Å². The van der Waals surface area contributed by atoms with Crippen LogP contribution in [0.2, 0.25) is 0 Å². The van der Waals surface area contributed by atoms with Crippen LogP contribution in [-0.2, 0) is 4.79 Å². The lowest BCUT2D eigenvalue weighted by molar-refractivity contribution is -0.123. The molecule has 1 aromatic rings. The molecule has 3 atom stereocenters. The summed E-state index contributed by atoms with van der Waals surface area (Å²) >= 11 is 0. The van der Waals surface area contributed by atoms with Crippen molar-refractivity contribution in [2.75, 3.05) is 6.54 Å². The van der Waals surface area contributed by atoms with Gasteiger partial charge in [-0.25, -0.2) is 4.39 Å². The van der Waals surface area contributed by atoms with Crippen molar-refractivity contribution in [2.24, 2.45) is 0 Å². The van der Waals surface area contributed by atoms with Crippen molar-refractivity contribution >= 4 is 18.3 Å². The number of amides is 1. The van der Waals surface area contributed by atoms with E-state index < -0.39 is 6.10 Å². The third-order valence-corrected chi connectivity index (χ3v) is 3.60. The molecular weight excluding hydrogens is 295 g/mol. The van der Waals surface area contributed by atoms with E-state index in [4.69, 9.17) is 0 Å². The van der Waals surface area contributed by atoms with Gasteiger partial charge in [0.25, 0.3) is 0 Å². The van der Waals surface area contributed by atoms with Crippen LogP contribution in [0.5, 0.6) is 0 Å². The van der Waals surface area contributed by atoms with E-state index in [-0.39, 0.29) is 36.2 Å². The van der Waals surface area contributed by atoms with E-state index in [2.05, 4.69) is 10.6 Å². The van der Waals surface area contributed by atoms with Crippen molar-refractivity contribution in [1.82, 2.24) is 10.6 Å². The summed E-state index contributed by atoms with van der Waals surface area (Å²) in [5.41, 5.74) is 0.659. The average molecular weight is 317 g/mol. The minimum atomic E-state index is -0.706. The molecule has 4 nitrogen and oxygen atoms in total. The SMILES string of the molecule is CC(CC(O)c1ccc(F)cc1)NC(=O)C1CCCN1.Cl. The number of aliphatic hydroxyl groups excluding tert-OH is 1. The molecule has 1 fully saturated rings. The highest BCUT2D eigenvalue weighted by atomic mass is 35.5. The van der Waals surface area contributed by atoms with Crippen LogP contribution in [0, 0.1) is 5.82 Å². The number of carbonyl (C=O) groups excluding carboxylic acids is 1. The molecule has 1 saturated heterocycles. The smallest absolute Gasteiger partial charge is 0.237 e. The van der Waals surface area contributed by atoms with Gasteiger partial charge in [0.1, 0.15) is 5.82 Å². The zero-order chi connectivity index (χ0) is 14.5. The van der Waals surface area contributed by atoms with Gasteiger partial charge in [-0.15, -0.1) is 12.4 Å². The van der Waals surface area contributed by atoms with Crippen LogP contribution in [0.4, 0.5) is 4.39 Å². The summed E-state index contributed by atoms with van der Waals surface area (Å²) in [7, 11) is 0. The number of benzene rings is 1. The Hall–Kier alpha value is -1.17. The second-order valence-corrected chi connectivity index (χ2v) is 5.36. The first kappa shape index (κ1) is 17.9. The third-order valence-electron chi connectivity index (χ3n) is 3.60. The van der Waals surface area contributed by atoms with Gasteiger partial charge < -0.3 is 15.7 Å². The van der Waals surface area contributed by atoms with Gasteiger partial charge in [-0.2, -0.15) is 0 Å². The first-order chi connectivity index (χ1) is 9.56. The molecule has 1 aliphatic heterocycles. The molecule has 0 aliphatic carbocycles. The van der Waals surface area contributed by atoms with Crippen LogP contribution in [-0.4, -0.2) is 29.6 Å². The molecule has 1 aliphatic rings. The Morgan fingerprint density at radius 3 is 2.71 bits per heavy atom. The molecule has 6 heteroatoms. The second-order valence-electron chi connectivity index (χ2n) is 5.36. The van der Waals surface area contributed by atoms with E-state index in [1.807, 2.05) is 6.92 Å². The molecule has 0 bridgehead atoms. The Morgan fingerprint density at radius 1 is 1.48 bits per heavy atom. The number of aliphatic hydroxyl groups is 1. The molecule has 118 valence electrons. The molecule has 0 aromatic heterocycles. The third kappa shape index (κ3) is 5.26. The fourth-order valence-electron chi connectivity index (χ4n) is 2.47. The van der Waals surface area contributed by atoms with Crippen LogP contribution < -0.4 is 10.6 Å². The number of halogens is 2. The topological polar surface area (TPSA) is 61.4 Å². The summed E-state index contributed by atoms with van der Waals surface area (Å²) in [6.45, 7) is 2.74. The highest BCUT2D eigenvalue weighted by Crippen LogP contribution is 2.18. The fourth-order valence-corrected chi connectivity index (χ4v) is 2.47. The lowest BCUT2D eigenvalue weighted by Gasteiger charge is -2.20. The summed E-state index contributed by atoms with van der Waals surface area (Å²) in [4.78, 5) is 11.9. The van der Waals surface area contributed by atoms with Crippen molar-refractivity contribution < 1.29 is 14.3 Å². The number of hydrogen-bond acceptors (Lipinski definition) is 3. The molecule has 1 aromatic carbocycles. The number of carbonyl (C=O) groups is 1. The highest BCUT2D eigenvalue weighted by molar-refractivity contribution is 5.85. The second kappa shape index (κ2) is 8.32. The normalized spacial score (nSPS) is 20.4. The number of rotatable bonds is 5. The molecule has 0 spiro atoms. The fraction of sp³-hybridized carbons (Fsp3) is 0.533. The van der Waals surface area contributed by atoms with E-state index in [1.54, 1.807) is 12.1 Å². The molecule has 3 unspecified atom stereocenters. The van der Waals surface area contributed by atoms with Gasteiger partial charge in [0, 0.05) is 6.04 Å². The van der Waals surface area contributed by atoms with Gasteiger partial charge in [-0.1, -0.05) is 12.1 Å². The van der Waals surface area contributed by atoms with Crippen molar-refractivity contribution in [3.8, 4) is 0 Å². The average Bonchev–Trinajstić information content (AvgIpc) is 2.93. The molecule has 3 N–H and O–H groups in total. The Bertz CT molecular complexity index is 449. The molecular formula is C15H22ClFN2O2. The number of hydrogen-bond donors (Lipinski definition) is 3. The summed E-state index contributed by atoms with van der Waals surface area (Å²) in [6.07, 6.45) is 1.58. The zero-order valence-corrected chi connectivity index (χ0v) is 12.8. The molecule has 2 rings (SSSR count). The van der Waals surface area contributed by atoms with E-state index in [0.29, 0.717) is 12.0 Å². The van der Waals surface area contributed by atoms with Crippen molar-refractivity contribution in [3.63, 3.8) is 0 Å². The summed E-state index contributed by atoms with van der Waals surface area (Å²) in [5, 5.41) is 16.1. The van der Waals surface area contributed by atoms with Gasteiger partial charge in [0.15, 0.2) is 0 Å². The van der Waals surface area contributed by atoms with E-state index in [0.717, 1.165) is 19.4 Å². The first-order valence-electron chi connectivity index (χ1n) is 7.03. The minimum absolute atomic E-state index is 0. The van der Waals surface area contributed by atoms with E-state index in [9.17, 15) is 14.3 Å². The van der Waals surface area contributed by atoms with Gasteiger partial charge in [0.2, 0.25) is 5.91 Å². The Labute approximate surface area is 130 Å². The van der Waals surface area contributed by atoms with Crippen LogP contribution >= 0.6 is 12.4 Å². The van der Waals surface area contributed by atoms with E-state index in [1.165, 1.54) is 12.1 Å². The molecule has 1 amide bonds. The van der Waals surface area contributed by atoms with Gasteiger partial charge in [-0.3, -0.25) is 4.79 Å². The predicted molar refractivity (Wildman–Crippen MR) is 81.9 cm³/mol. The lowest BCUT2D eigenvalue weighted by atomic mass is 10.0. The predicted octanol–water partition coefficient (Wildman–Crippen LogP) is 1.93. The summed E-state index contributed by atoms with van der Waals surface area (Å²) in [6, 6.07) is 5.53. The summed E-state index contributed by atoms with van der Waals surface area (Å²) < 4.78 is 12.8. The zero-order valence-electron chi connectivity index (χ0n) is 12.0. The first-order valence-corrected chi connectivity index (χ1v) is 7.03. The van der Waals surface area contributed by atoms with Crippen molar-refractivity contribution in [2.45, 2.75) is 44.4 Å². The molecule has 0 saturated carbocycles. The maximum atomic E-state index is 12.8. The van der Waals surface area contributed by atoms with Gasteiger partial charge >= 0.3 is 0 Å². The maximum absolute atomic E-state index is 12.8. The molecule has 21 heavy (non-hydrogen) atoms. The van der Waals surface area contributed by atoms with Gasteiger partial charge in [-0.05, 0) is 50.4 Å². The largest absolute Gasteiger partial charge is 0.388 e. The Morgan fingerprint density at radius 2 is 2.14 bits per heavy atom. The van der Waals surface area contributed by atoms with Crippen LogP contribution in [0.25, 0.3) is 0 Å². The standard InChI is InChI=1S/C15H21FN2O2.ClH/c1-10(18-15(20)13-3-2-8-17-13)9-14(19)11-4-6-12(16)7-5-11;/h4-7,10,13-14,17,19H,2-3,8-9H2,1H3,(H,18,20);1H. The Balaban J connectivity index is 0.00000220. The summed E-state index contributed by atoms with van der Waals surface area (Å²) in [5.74, 6) is -0.337. The molecule has 0 radical (unpaired) electrons. The maximum Gasteiger partial charge on any atom is 0.237 e. The van der Waals surface area contributed by atoms with E-state index >= 15 is 0 Å². The number of nitrogens with one attached hydrogen (secondary N) is 2. The van der Waals surface area contributed by atoms with Crippen molar-refractivity contribution in [3.05, 3.63) is 35.6 Å². The van der Waals surface area contributed by atoms with Crippen molar-refractivity contribution in [1.29, 1.82) is 0 Å². The quantitative estimate of drug-likeness (QED) is 0.778.